The fourth-order valence-corrected chi connectivity index (χ4v) is 3.03. The van der Waals surface area contributed by atoms with Crippen LogP contribution in [0.5, 0.6) is 0 Å². The average molecular weight is 251 g/mol. The highest BCUT2D eigenvalue weighted by Gasteiger charge is 2.29. The van der Waals surface area contributed by atoms with E-state index in [0.29, 0.717) is 24.3 Å². The smallest absolute Gasteiger partial charge is 0.238 e. The Balaban J connectivity index is 2.23. The van der Waals surface area contributed by atoms with Gasteiger partial charge in [0.25, 0.3) is 0 Å². The van der Waals surface area contributed by atoms with Crippen LogP contribution in [0.4, 0.5) is 5.69 Å². The Morgan fingerprint density at radius 3 is 2.82 bits per heavy atom. The van der Waals surface area contributed by atoms with Crippen LogP contribution in [0, 0.1) is 12.3 Å². The second kappa shape index (κ2) is 4.78. The third kappa shape index (κ3) is 2.60. The number of anilines is 1. The van der Waals surface area contributed by atoms with E-state index in [2.05, 4.69) is 10.6 Å². The number of benzene rings is 1. The molecule has 1 aromatic rings. The van der Waals surface area contributed by atoms with E-state index in [-0.39, 0.29) is 6.61 Å². The average Bonchev–Trinajstić information content (AvgIpc) is 2.83. The minimum Gasteiger partial charge on any atom is -0.380 e. The minimum atomic E-state index is -3.42. The van der Waals surface area contributed by atoms with Crippen molar-refractivity contribution < 1.29 is 13.2 Å². The van der Waals surface area contributed by atoms with Crippen LogP contribution in [-0.2, 0) is 14.8 Å². The predicted molar refractivity (Wildman–Crippen MR) is 66.1 cm³/mol. The van der Waals surface area contributed by atoms with E-state index in [1.165, 1.54) is 0 Å². The molecule has 1 aliphatic heterocycles. The lowest BCUT2D eigenvalue weighted by molar-refractivity contribution is 0.198. The predicted octanol–water partition coefficient (Wildman–Crippen LogP) is 1.20. The van der Waals surface area contributed by atoms with Gasteiger partial charge in [0.05, 0.1) is 12.3 Å². The summed E-state index contributed by atoms with van der Waals surface area (Å²) < 4.78 is 31.6. The quantitative estimate of drug-likeness (QED) is 0.821. The summed E-state index contributed by atoms with van der Waals surface area (Å²) in [6, 6.07) is 6.86. The van der Waals surface area contributed by atoms with Crippen LogP contribution >= 0.6 is 0 Å². The fraction of sp³-hybridized carbons (Fsp3) is 0.333. The number of nitrogens with one attached hydrogen (secondary N) is 1. The summed E-state index contributed by atoms with van der Waals surface area (Å²) in [6.07, 6.45) is 5.83. The van der Waals surface area contributed by atoms with Crippen LogP contribution in [-0.4, -0.2) is 26.9 Å². The normalized spacial score (nSPS) is 19.8. The van der Waals surface area contributed by atoms with Gasteiger partial charge in [-0.25, -0.2) is 8.42 Å². The largest absolute Gasteiger partial charge is 0.380 e. The van der Waals surface area contributed by atoms with Gasteiger partial charge in [-0.3, -0.25) is 4.72 Å². The van der Waals surface area contributed by atoms with Crippen molar-refractivity contribution in [2.75, 3.05) is 17.9 Å². The maximum absolute atomic E-state index is 12.0. The Morgan fingerprint density at radius 2 is 2.18 bits per heavy atom. The Labute approximate surface area is 101 Å². The minimum absolute atomic E-state index is 0.244. The zero-order chi connectivity index (χ0) is 12.3. The maximum atomic E-state index is 12.0. The van der Waals surface area contributed by atoms with Gasteiger partial charge in [0.1, 0.15) is 5.25 Å². The van der Waals surface area contributed by atoms with Crippen molar-refractivity contribution in [2.45, 2.75) is 11.7 Å². The van der Waals surface area contributed by atoms with Gasteiger partial charge in [-0.1, -0.05) is 18.1 Å². The lowest BCUT2D eigenvalue weighted by Gasteiger charge is -2.13. The molecule has 90 valence electrons. The van der Waals surface area contributed by atoms with Crippen LogP contribution in [0.2, 0.25) is 0 Å². The number of hydrogen-bond donors (Lipinski definition) is 1. The molecule has 0 aliphatic carbocycles. The van der Waals surface area contributed by atoms with Gasteiger partial charge in [-0.05, 0) is 18.6 Å². The number of terminal acetylenes is 1. The van der Waals surface area contributed by atoms with E-state index in [9.17, 15) is 8.42 Å². The monoisotopic (exact) mass is 251 g/mol. The molecule has 1 unspecified atom stereocenters. The van der Waals surface area contributed by atoms with Crippen LogP contribution in [0.25, 0.3) is 0 Å². The first kappa shape index (κ1) is 12.0. The number of ether oxygens (including phenoxy) is 1. The van der Waals surface area contributed by atoms with E-state index in [0.717, 1.165) is 0 Å². The molecule has 0 saturated carbocycles. The molecule has 1 aliphatic rings. The van der Waals surface area contributed by atoms with E-state index < -0.39 is 15.3 Å². The molecule has 0 bridgehead atoms. The van der Waals surface area contributed by atoms with E-state index >= 15 is 0 Å². The molecule has 0 amide bonds. The van der Waals surface area contributed by atoms with Crippen molar-refractivity contribution in [1.29, 1.82) is 0 Å². The van der Waals surface area contributed by atoms with E-state index in [1.807, 2.05) is 0 Å². The van der Waals surface area contributed by atoms with Gasteiger partial charge in [-0.2, -0.15) is 0 Å². The van der Waals surface area contributed by atoms with Crippen molar-refractivity contribution >= 4 is 15.7 Å². The fourth-order valence-electron chi connectivity index (χ4n) is 1.69. The summed E-state index contributed by atoms with van der Waals surface area (Å²) in [4.78, 5) is 0. The number of sulfonamides is 1. The number of para-hydroxylation sites is 1. The van der Waals surface area contributed by atoms with Gasteiger partial charge >= 0.3 is 0 Å². The van der Waals surface area contributed by atoms with Crippen molar-refractivity contribution in [1.82, 2.24) is 0 Å². The van der Waals surface area contributed by atoms with Gasteiger partial charge in [-0.15, -0.1) is 6.42 Å². The van der Waals surface area contributed by atoms with Crippen LogP contribution < -0.4 is 4.72 Å². The Bertz CT molecular complexity index is 539. The topological polar surface area (TPSA) is 55.4 Å². The SMILES string of the molecule is C#Cc1ccccc1NS(=O)(=O)C1CCOC1. The van der Waals surface area contributed by atoms with Gasteiger partial charge in [0, 0.05) is 12.2 Å². The molecule has 4 nitrogen and oxygen atoms in total. The maximum Gasteiger partial charge on any atom is 0.238 e. The summed E-state index contributed by atoms with van der Waals surface area (Å²) in [6.45, 7) is 0.732. The molecule has 17 heavy (non-hydrogen) atoms. The van der Waals surface area contributed by atoms with E-state index in [4.69, 9.17) is 11.2 Å². The molecule has 1 aromatic carbocycles. The van der Waals surface area contributed by atoms with Crippen LogP contribution in [0.1, 0.15) is 12.0 Å². The lowest BCUT2D eigenvalue weighted by atomic mass is 10.2. The summed E-state index contributed by atoms with van der Waals surface area (Å²) in [7, 11) is -3.42. The molecular formula is C12H13NO3S. The molecule has 0 aromatic heterocycles. The molecule has 1 heterocycles. The van der Waals surface area contributed by atoms with Gasteiger partial charge in [0.15, 0.2) is 0 Å². The summed E-state index contributed by atoms with van der Waals surface area (Å²) in [5, 5.41) is -0.492. The third-order valence-corrected chi connectivity index (χ3v) is 4.42. The zero-order valence-corrected chi connectivity index (χ0v) is 10.0. The first-order chi connectivity index (χ1) is 8.13. The Morgan fingerprint density at radius 1 is 1.41 bits per heavy atom. The zero-order valence-electron chi connectivity index (χ0n) is 9.22. The molecule has 1 N–H and O–H groups in total. The molecule has 1 saturated heterocycles. The van der Waals surface area contributed by atoms with Crippen molar-refractivity contribution in [3.63, 3.8) is 0 Å². The number of rotatable bonds is 3. The van der Waals surface area contributed by atoms with Gasteiger partial charge < -0.3 is 4.74 Å². The lowest BCUT2D eigenvalue weighted by Crippen LogP contribution is -2.28. The number of hydrogen-bond acceptors (Lipinski definition) is 3. The second-order valence-electron chi connectivity index (χ2n) is 3.82. The Kier molecular flexibility index (Phi) is 3.36. The van der Waals surface area contributed by atoms with Crippen LogP contribution in [0.15, 0.2) is 24.3 Å². The summed E-state index contributed by atoms with van der Waals surface area (Å²) in [5.41, 5.74) is 0.983. The molecule has 1 atom stereocenters. The van der Waals surface area contributed by atoms with E-state index in [1.54, 1.807) is 24.3 Å². The standard InChI is InChI=1S/C12H13NO3S/c1-2-10-5-3-4-6-12(10)13-17(14,15)11-7-8-16-9-11/h1,3-6,11,13H,7-9H2. The third-order valence-electron chi connectivity index (χ3n) is 2.66. The second-order valence-corrected chi connectivity index (χ2v) is 5.78. The molecule has 0 spiro atoms. The molecule has 0 radical (unpaired) electrons. The van der Waals surface area contributed by atoms with Gasteiger partial charge in [0.2, 0.25) is 10.0 Å². The summed E-state index contributed by atoms with van der Waals surface area (Å²) >= 11 is 0. The molecule has 1 fully saturated rings. The molecular weight excluding hydrogens is 238 g/mol. The highest BCUT2D eigenvalue weighted by atomic mass is 32.2. The van der Waals surface area contributed by atoms with Crippen LogP contribution in [0.3, 0.4) is 0 Å². The molecule has 2 rings (SSSR count). The Hall–Kier alpha value is -1.51. The first-order valence-corrected chi connectivity index (χ1v) is 6.83. The first-order valence-electron chi connectivity index (χ1n) is 5.28. The molecule has 5 heteroatoms. The van der Waals surface area contributed by atoms with Crippen molar-refractivity contribution in [3.05, 3.63) is 29.8 Å². The van der Waals surface area contributed by atoms with Crippen molar-refractivity contribution in [2.24, 2.45) is 0 Å². The van der Waals surface area contributed by atoms with Crippen molar-refractivity contribution in [3.8, 4) is 12.3 Å². The summed E-state index contributed by atoms with van der Waals surface area (Å²) in [5.74, 6) is 2.45. The highest BCUT2D eigenvalue weighted by Crippen LogP contribution is 2.20. The highest BCUT2D eigenvalue weighted by molar-refractivity contribution is 7.93.